The average molecular weight is 363 g/mol. The van der Waals surface area contributed by atoms with E-state index < -0.39 is 6.10 Å². The third kappa shape index (κ3) is 3.68. The summed E-state index contributed by atoms with van der Waals surface area (Å²) in [7, 11) is 3.51. The average Bonchev–Trinajstić information content (AvgIpc) is 3.41. The first-order valence-electron chi connectivity index (χ1n) is 9.51. The van der Waals surface area contributed by atoms with Crippen molar-refractivity contribution in [3.05, 3.63) is 48.8 Å². The van der Waals surface area contributed by atoms with Gasteiger partial charge >= 0.3 is 0 Å². The molecule has 1 aromatic heterocycles. The van der Waals surface area contributed by atoms with E-state index in [1.807, 2.05) is 31.3 Å². The number of fused-ring (bicyclic) bond motifs is 1. The van der Waals surface area contributed by atoms with Crippen LogP contribution >= 0.6 is 0 Å². The lowest BCUT2D eigenvalue weighted by molar-refractivity contribution is -0.136. The quantitative estimate of drug-likeness (QED) is 0.657. The van der Waals surface area contributed by atoms with E-state index in [0.29, 0.717) is 12.5 Å². The minimum Gasteiger partial charge on any atom is -0.481 e. The van der Waals surface area contributed by atoms with Crippen molar-refractivity contribution < 1.29 is 9.53 Å². The largest absolute Gasteiger partial charge is 0.481 e. The fourth-order valence-corrected chi connectivity index (χ4v) is 3.26. The lowest BCUT2D eigenvalue weighted by Crippen LogP contribution is -2.37. The van der Waals surface area contributed by atoms with Crippen molar-refractivity contribution in [2.24, 2.45) is 0 Å². The number of hydrogen-bond acceptors (Lipinski definition) is 3. The molecule has 1 unspecified atom stereocenters. The van der Waals surface area contributed by atoms with Crippen molar-refractivity contribution in [1.29, 1.82) is 0 Å². The highest BCUT2D eigenvalue weighted by atomic mass is 16.5. The summed E-state index contributed by atoms with van der Waals surface area (Å²) >= 11 is 0. The first kappa shape index (κ1) is 17.6. The van der Waals surface area contributed by atoms with Crippen molar-refractivity contribution >= 4 is 16.7 Å². The molecule has 4 rings (SSSR count). The predicted octanol–water partition coefficient (Wildman–Crippen LogP) is 4.28. The van der Waals surface area contributed by atoms with E-state index in [1.165, 1.54) is 12.8 Å². The zero-order valence-electron chi connectivity index (χ0n) is 16.1. The Kier molecular flexibility index (Phi) is 4.60. The van der Waals surface area contributed by atoms with Gasteiger partial charge in [0.1, 0.15) is 5.75 Å². The van der Waals surface area contributed by atoms with Crippen molar-refractivity contribution in [2.45, 2.75) is 38.3 Å². The van der Waals surface area contributed by atoms with Crippen LogP contribution in [0.5, 0.6) is 5.75 Å². The molecule has 5 heteroatoms. The number of carbonyl (C=O) groups is 1. The monoisotopic (exact) mass is 363 g/mol. The highest BCUT2D eigenvalue weighted by Gasteiger charge is 2.24. The fourth-order valence-electron chi connectivity index (χ4n) is 3.26. The van der Waals surface area contributed by atoms with E-state index in [4.69, 9.17) is 4.74 Å². The Morgan fingerprint density at radius 2 is 1.96 bits per heavy atom. The van der Waals surface area contributed by atoms with Crippen LogP contribution in [0.15, 0.2) is 48.8 Å². The van der Waals surface area contributed by atoms with Gasteiger partial charge in [-0.1, -0.05) is 25.1 Å². The summed E-state index contributed by atoms with van der Waals surface area (Å²) in [5.74, 6) is 0.703. The number of benzene rings is 2. The highest BCUT2D eigenvalue weighted by molar-refractivity contribution is 5.88. The second-order valence-corrected chi connectivity index (χ2v) is 7.41. The fraction of sp³-hybridized carbons (Fsp3) is 0.364. The number of amides is 1. The van der Waals surface area contributed by atoms with Gasteiger partial charge in [0.25, 0.3) is 5.91 Å². The van der Waals surface area contributed by atoms with Gasteiger partial charge in [-0.3, -0.25) is 9.48 Å². The van der Waals surface area contributed by atoms with Gasteiger partial charge in [0.15, 0.2) is 6.10 Å². The molecule has 1 amide bonds. The number of ether oxygens (including phenoxy) is 1. The van der Waals surface area contributed by atoms with Gasteiger partial charge in [-0.15, -0.1) is 0 Å². The molecule has 27 heavy (non-hydrogen) atoms. The third-order valence-corrected chi connectivity index (χ3v) is 5.03. The van der Waals surface area contributed by atoms with Gasteiger partial charge in [-0.05, 0) is 53.8 Å². The van der Waals surface area contributed by atoms with E-state index >= 15 is 0 Å². The Labute approximate surface area is 159 Å². The predicted molar refractivity (Wildman–Crippen MR) is 107 cm³/mol. The summed E-state index contributed by atoms with van der Waals surface area (Å²) in [6.45, 7) is 1.96. The molecule has 1 aliphatic carbocycles. The molecule has 3 aromatic rings. The van der Waals surface area contributed by atoms with E-state index in [9.17, 15) is 4.79 Å². The maximum Gasteiger partial charge on any atom is 0.263 e. The van der Waals surface area contributed by atoms with E-state index in [2.05, 4.69) is 34.2 Å². The number of likely N-dealkylation sites (N-methyl/N-ethyl adjacent to an activating group) is 1. The lowest BCUT2D eigenvalue weighted by atomic mass is 10.0. The molecule has 0 saturated heterocycles. The maximum atomic E-state index is 12.2. The summed E-state index contributed by atoms with van der Waals surface area (Å²) in [6.07, 6.45) is 6.69. The minimum atomic E-state index is -0.461. The highest BCUT2D eigenvalue weighted by Crippen LogP contribution is 2.35. The van der Waals surface area contributed by atoms with Gasteiger partial charge < -0.3 is 9.64 Å². The van der Waals surface area contributed by atoms with Crippen LogP contribution in [0.25, 0.3) is 21.9 Å². The van der Waals surface area contributed by atoms with Crippen LogP contribution in [-0.4, -0.2) is 40.8 Å². The standard InChI is InChI=1S/C22H25N3O2/c1-4-21(22(26)24(2)3)27-20-10-7-15-5-6-16(11-17(15)12-20)18-13-23-25(14-18)19-8-9-19/h5-7,10-14,19,21H,4,8-9H2,1-3H3. The topological polar surface area (TPSA) is 47.4 Å². The summed E-state index contributed by atoms with van der Waals surface area (Å²) < 4.78 is 8.04. The Morgan fingerprint density at radius 1 is 1.19 bits per heavy atom. The second kappa shape index (κ2) is 7.06. The molecule has 1 saturated carbocycles. The first-order chi connectivity index (χ1) is 13.0. The summed E-state index contributed by atoms with van der Waals surface area (Å²) in [5, 5.41) is 6.73. The SMILES string of the molecule is CCC(Oc1ccc2ccc(-c3cnn(C4CC4)c3)cc2c1)C(=O)N(C)C. The number of nitrogens with zero attached hydrogens (tertiary/aromatic N) is 3. The molecule has 1 aliphatic rings. The molecule has 0 N–H and O–H groups in total. The van der Waals surface area contributed by atoms with Gasteiger partial charge in [0.05, 0.1) is 12.2 Å². The van der Waals surface area contributed by atoms with Gasteiger partial charge in [0, 0.05) is 25.9 Å². The Morgan fingerprint density at radius 3 is 2.67 bits per heavy atom. The summed E-state index contributed by atoms with van der Waals surface area (Å²) in [4.78, 5) is 13.8. The van der Waals surface area contributed by atoms with Crippen LogP contribution in [0.3, 0.4) is 0 Å². The van der Waals surface area contributed by atoms with E-state index in [1.54, 1.807) is 19.0 Å². The Hall–Kier alpha value is -2.82. The van der Waals surface area contributed by atoms with Gasteiger partial charge in [-0.25, -0.2) is 0 Å². The molecule has 1 atom stereocenters. The molecule has 0 radical (unpaired) electrons. The number of rotatable bonds is 6. The van der Waals surface area contributed by atoms with Crippen molar-refractivity contribution in [2.75, 3.05) is 14.1 Å². The zero-order chi connectivity index (χ0) is 19.0. The molecule has 1 fully saturated rings. The van der Waals surface area contributed by atoms with Crippen LogP contribution in [0.4, 0.5) is 0 Å². The Balaban J connectivity index is 1.61. The molecule has 2 aromatic carbocycles. The van der Waals surface area contributed by atoms with Crippen molar-refractivity contribution in [3.8, 4) is 16.9 Å². The number of aromatic nitrogens is 2. The molecule has 5 nitrogen and oxygen atoms in total. The van der Waals surface area contributed by atoms with Crippen molar-refractivity contribution in [1.82, 2.24) is 14.7 Å². The van der Waals surface area contributed by atoms with E-state index in [-0.39, 0.29) is 5.91 Å². The second-order valence-electron chi connectivity index (χ2n) is 7.41. The molecule has 0 spiro atoms. The summed E-state index contributed by atoms with van der Waals surface area (Å²) in [5.41, 5.74) is 2.27. The smallest absolute Gasteiger partial charge is 0.263 e. The normalized spacial score (nSPS) is 14.9. The van der Waals surface area contributed by atoms with Crippen LogP contribution in [0.1, 0.15) is 32.2 Å². The van der Waals surface area contributed by atoms with Crippen LogP contribution in [-0.2, 0) is 4.79 Å². The molecular formula is C22H25N3O2. The van der Waals surface area contributed by atoms with Gasteiger partial charge in [0.2, 0.25) is 0 Å². The first-order valence-corrected chi connectivity index (χ1v) is 9.51. The molecule has 1 heterocycles. The minimum absolute atomic E-state index is 0.0150. The molecular weight excluding hydrogens is 338 g/mol. The molecule has 140 valence electrons. The molecule has 0 bridgehead atoms. The maximum absolute atomic E-state index is 12.2. The van der Waals surface area contributed by atoms with Crippen molar-refractivity contribution in [3.63, 3.8) is 0 Å². The zero-order valence-corrected chi connectivity index (χ0v) is 16.1. The Bertz CT molecular complexity index is 973. The lowest BCUT2D eigenvalue weighted by Gasteiger charge is -2.20. The summed E-state index contributed by atoms with van der Waals surface area (Å²) in [6, 6.07) is 13.0. The van der Waals surface area contributed by atoms with E-state index in [0.717, 1.165) is 27.6 Å². The third-order valence-electron chi connectivity index (χ3n) is 5.03. The van der Waals surface area contributed by atoms with Crippen LogP contribution in [0, 0.1) is 0 Å². The number of hydrogen-bond donors (Lipinski definition) is 0. The van der Waals surface area contributed by atoms with Crippen LogP contribution < -0.4 is 4.74 Å². The number of carbonyl (C=O) groups excluding carboxylic acids is 1. The molecule has 0 aliphatic heterocycles. The van der Waals surface area contributed by atoms with Crippen LogP contribution in [0.2, 0.25) is 0 Å². The van der Waals surface area contributed by atoms with Gasteiger partial charge in [-0.2, -0.15) is 5.10 Å².